The van der Waals surface area contributed by atoms with E-state index in [9.17, 15) is 9.59 Å². The largest absolute Gasteiger partial charge is 0.302 e. The van der Waals surface area contributed by atoms with Crippen LogP contribution in [0, 0.1) is 6.92 Å². The van der Waals surface area contributed by atoms with Crippen molar-refractivity contribution in [3.05, 3.63) is 69.6 Å². The highest BCUT2D eigenvalue weighted by atomic mass is 16.2. The average molecular weight is 322 g/mol. The highest BCUT2D eigenvalue weighted by Crippen LogP contribution is 2.19. The summed E-state index contributed by atoms with van der Waals surface area (Å²) in [6.07, 6.45) is -0.0169. The lowest BCUT2D eigenvalue weighted by Gasteiger charge is -2.06. The summed E-state index contributed by atoms with van der Waals surface area (Å²) in [6.45, 7) is 3.58. The normalized spacial score (nSPS) is 11.7. The number of nitrogens with one attached hydrogen (secondary N) is 3. The molecule has 122 valence electrons. The molecular formula is C18H18N4O2. The van der Waals surface area contributed by atoms with E-state index in [1.165, 1.54) is 0 Å². The van der Waals surface area contributed by atoms with Crippen LogP contribution < -0.4 is 11.0 Å². The Morgan fingerprint density at radius 1 is 1.12 bits per heavy atom. The summed E-state index contributed by atoms with van der Waals surface area (Å²) in [7, 11) is 0. The number of carbonyl (C=O) groups is 1. The average Bonchev–Trinajstić information content (AvgIpc) is 2.91. The van der Waals surface area contributed by atoms with E-state index in [2.05, 4.69) is 20.7 Å². The number of hydrogen-bond donors (Lipinski definition) is 3. The molecule has 3 rings (SSSR count). The van der Waals surface area contributed by atoms with Crippen LogP contribution in [0.4, 0.5) is 0 Å². The SMILES string of the molecule is C/C(=N\NC(=O)Cc1c(C)[nH][nH]c1=O)c1cccc2ccccc12. The van der Waals surface area contributed by atoms with Crippen LogP contribution in [0.2, 0.25) is 0 Å². The Morgan fingerprint density at radius 3 is 2.62 bits per heavy atom. The molecule has 3 aromatic rings. The number of amides is 1. The Hall–Kier alpha value is -3.15. The molecule has 0 saturated carbocycles. The van der Waals surface area contributed by atoms with Crippen LogP contribution in [0.15, 0.2) is 52.4 Å². The molecule has 0 atom stereocenters. The van der Waals surface area contributed by atoms with Crippen molar-refractivity contribution in [3.63, 3.8) is 0 Å². The summed E-state index contributed by atoms with van der Waals surface area (Å²) in [5.74, 6) is -0.331. The highest BCUT2D eigenvalue weighted by molar-refractivity contribution is 6.09. The van der Waals surface area contributed by atoms with Crippen molar-refractivity contribution in [1.82, 2.24) is 15.6 Å². The molecule has 1 aromatic heterocycles. The minimum absolute atomic E-state index is 0.0169. The van der Waals surface area contributed by atoms with Crippen LogP contribution in [0.25, 0.3) is 10.8 Å². The first-order valence-corrected chi connectivity index (χ1v) is 7.63. The van der Waals surface area contributed by atoms with Crippen LogP contribution in [-0.2, 0) is 11.2 Å². The molecule has 0 bridgehead atoms. The lowest BCUT2D eigenvalue weighted by Crippen LogP contribution is -2.24. The third-order valence-corrected chi connectivity index (χ3v) is 3.96. The molecule has 6 nitrogen and oxygen atoms in total. The number of rotatable bonds is 4. The molecule has 0 aliphatic rings. The quantitative estimate of drug-likeness (QED) is 0.508. The minimum atomic E-state index is -0.331. The number of aryl methyl sites for hydroxylation is 1. The molecule has 3 N–H and O–H groups in total. The first kappa shape index (κ1) is 15.7. The van der Waals surface area contributed by atoms with Crippen LogP contribution in [-0.4, -0.2) is 21.8 Å². The van der Waals surface area contributed by atoms with Gasteiger partial charge in [-0.25, -0.2) is 5.43 Å². The van der Waals surface area contributed by atoms with Crippen molar-refractivity contribution in [1.29, 1.82) is 0 Å². The van der Waals surface area contributed by atoms with E-state index in [1.54, 1.807) is 6.92 Å². The summed E-state index contributed by atoms with van der Waals surface area (Å²) in [5.41, 5.74) is 4.99. The fourth-order valence-electron chi connectivity index (χ4n) is 2.63. The molecule has 0 spiro atoms. The zero-order valence-electron chi connectivity index (χ0n) is 13.5. The Kier molecular flexibility index (Phi) is 4.29. The predicted octanol–water partition coefficient (Wildman–Crippen LogP) is 2.25. The number of benzene rings is 2. The van der Waals surface area contributed by atoms with Crippen molar-refractivity contribution in [3.8, 4) is 0 Å². The van der Waals surface area contributed by atoms with Crippen LogP contribution in [0.5, 0.6) is 0 Å². The smallest absolute Gasteiger partial charge is 0.267 e. The maximum absolute atomic E-state index is 12.0. The molecule has 0 saturated heterocycles. The first-order valence-electron chi connectivity index (χ1n) is 7.63. The number of fused-ring (bicyclic) bond motifs is 1. The van der Waals surface area contributed by atoms with Gasteiger partial charge in [0.25, 0.3) is 5.56 Å². The summed E-state index contributed by atoms with van der Waals surface area (Å²) in [4.78, 5) is 23.6. The van der Waals surface area contributed by atoms with Crippen LogP contribution in [0.1, 0.15) is 23.7 Å². The van der Waals surface area contributed by atoms with Gasteiger partial charge in [0, 0.05) is 16.8 Å². The maximum atomic E-state index is 12.0. The Balaban J connectivity index is 1.78. The van der Waals surface area contributed by atoms with Crippen LogP contribution in [0.3, 0.4) is 0 Å². The van der Waals surface area contributed by atoms with E-state index in [0.29, 0.717) is 17.0 Å². The Morgan fingerprint density at radius 2 is 1.88 bits per heavy atom. The van der Waals surface area contributed by atoms with Gasteiger partial charge in [-0.05, 0) is 24.6 Å². The second kappa shape index (κ2) is 6.54. The third kappa shape index (κ3) is 3.12. The topological polar surface area (TPSA) is 90.1 Å². The molecule has 2 aromatic carbocycles. The van der Waals surface area contributed by atoms with E-state index < -0.39 is 0 Å². The zero-order valence-corrected chi connectivity index (χ0v) is 13.5. The summed E-state index contributed by atoms with van der Waals surface area (Å²) in [5, 5.41) is 11.5. The molecule has 1 heterocycles. The van der Waals surface area contributed by atoms with Gasteiger partial charge in [-0.15, -0.1) is 0 Å². The molecule has 0 radical (unpaired) electrons. The van der Waals surface area contributed by atoms with Gasteiger partial charge in [0.1, 0.15) is 0 Å². The van der Waals surface area contributed by atoms with E-state index in [0.717, 1.165) is 16.3 Å². The summed E-state index contributed by atoms with van der Waals surface area (Å²) < 4.78 is 0. The maximum Gasteiger partial charge on any atom is 0.267 e. The van der Waals surface area contributed by atoms with Gasteiger partial charge in [0.2, 0.25) is 5.91 Å². The molecule has 0 aliphatic heterocycles. The number of H-pyrrole nitrogens is 2. The summed E-state index contributed by atoms with van der Waals surface area (Å²) >= 11 is 0. The standard InChI is InChI=1S/C18H18N4O2/c1-11(14-9-5-7-13-6-3-4-8-15(13)14)19-21-17(23)10-16-12(2)20-22-18(16)24/h3-9H,10H2,1-2H3,(H,21,23)(H2,20,22,24)/b19-11+. The van der Waals surface area contributed by atoms with Crippen molar-refractivity contribution in [2.24, 2.45) is 5.10 Å². The summed E-state index contributed by atoms with van der Waals surface area (Å²) in [6, 6.07) is 14.0. The zero-order chi connectivity index (χ0) is 17.1. The van der Waals surface area contributed by atoms with Crippen LogP contribution >= 0.6 is 0 Å². The molecule has 24 heavy (non-hydrogen) atoms. The molecular weight excluding hydrogens is 304 g/mol. The fraction of sp³-hybridized carbons (Fsp3) is 0.167. The molecule has 0 unspecified atom stereocenters. The van der Waals surface area contributed by atoms with Crippen molar-refractivity contribution in [2.75, 3.05) is 0 Å². The van der Waals surface area contributed by atoms with E-state index >= 15 is 0 Å². The number of hydrazone groups is 1. The number of aromatic amines is 2. The second-order valence-electron chi connectivity index (χ2n) is 5.62. The van der Waals surface area contributed by atoms with Gasteiger partial charge >= 0.3 is 0 Å². The van der Waals surface area contributed by atoms with Crippen molar-refractivity contribution in [2.45, 2.75) is 20.3 Å². The van der Waals surface area contributed by atoms with E-state index in [4.69, 9.17) is 0 Å². The highest BCUT2D eigenvalue weighted by Gasteiger charge is 2.11. The van der Waals surface area contributed by atoms with Crippen molar-refractivity contribution >= 4 is 22.4 Å². The number of aromatic nitrogens is 2. The molecule has 1 amide bonds. The van der Waals surface area contributed by atoms with E-state index in [-0.39, 0.29) is 17.9 Å². The molecule has 0 aliphatic carbocycles. The minimum Gasteiger partial charge on any atom is -0.302 e. The lowest BCUT2D eigenvalue weighted by molar-refractivity contribution is -0.120. The van der Waals surface area contributed by atoms with Gasteiger partial charge in [0.05, 0.1) is 12.1 Å². The third-order valence-electron chi connectivity index (χ3n) is 3.96. The van der Waals surface area contributed by atoms with Gasteiger partial charge < -0.3 is 5.10 Å². The van der Waals surface area contributed by atoms with E-state index in [1.807, 2.05) is 49.4 Å². The lowest BCUT2D eigenvalue weighted by atomic mass is 10.0. The number of hydrogen-bond acceptors (Lipinski definition) is 3. The molecule has 0 fully saturated rings. The second-order valence-corrected chi connectivity index (χ2v) is 5.62. The van der Waals surface area contributed by atoms with Crippen molar-refractivity contribution < 1.29 is 4.79 Å². The fourth-order valence-corrected chi connectivity index (χ4v) is 2.63. The Bertz CT molecular complexity index is 977. The molecule has 6 heteroatoms. The van der Waals surface area contributed by atoms with Gasteiger partial charge in [-0.1, -0.05) is 42.5 Å². The number of nitrogens with zero attached hydrogens (tertiary/aromatic N) is 1. The van der Waals surface area contributed by atoms with Gasteiger partial charge in [-0.3, -0.25) is 14.7 Å². The van der Waals surface area contributed by atoms with Gasteiger partial charge in [-0.2, -0.15) is 5.10 Å². The number of carbonyl (C=O) groups excluding carboxylic acids is 1. The monoisotopic (exact) mass is 322 g/mol. The first-order chi connectivity index (χ1) is 11.6. The predicted molar refractivity (Wildman–Crippen MR) is 94.2 cm³/mol. The van der Waals surface area contributed by atoms with Gasteiger partial charge in [0.15, 0.2) is 0 Å². The Labute approximate surface area is 138 Å².